The van der Waals surface area contributed by atoms with Crippen LogP contribution in [-0.2, 0) is 4.79 Å². The van der Waals surface area contributed by atoms with E-state index in [4.69, 9.17) is 16.3 Å². The van der Waals surface area contributed by atoms with Gasteiger partial charge in [-0.15, -0.1) is 11.6 Å². The molecule has 3 nitrogen and oxygen atoms in total. The van der Waals surface area contributed by atoms with Crippen molar-refractivity contribution < 1.29 is 9.53 Å². The maximum Gasteiger partial charge on any atom is 0.225 e. The van der Waals surface area contributed by atoms with Gasteiger partial charge in [0.05, 0.1) is 13.0 Å². The molecule has 0 aliphatic carbocycles. The number of halogens is 1. The Bertz CT molecular complexity index is 414. The molecule has 0 saturated carbocycles. The lowest BCUT2D eigenvalue weighted by Crippen LogP contribution is -2.40. The Labute approximate surface area is 125 Å². The molecule has 1 aromatic carbocycles. The quantitative estimate of drug-likeness (QED) is 0.780. The van der Waals surface area contributed by atoms with Crippen molar-refractivity contribution in [3.63, 3.8) is 0 Å². The molecule has 4 heteroatoms. The van der Waals surface area contributed by atoms with E-state index in [9.17, 15) is 4.79 Å². The van der Waals surface area contributed by atoms with Crippen LogP contribution in [0.15, 0.2) is 30.3 Å². The van der Waals surface area contributed by atoms with E-state index in [1.54, 1.807) is 0 Å². The van der Waals surface area contributed by atoms with Crippen LogP contribution in [-0.4, -0.2) is 35.9 Å². The molecule has 1 aliphatic rings. The minimum absolute atomic E-state index is 0.182. The van der Waals surface area contributed by atoms with E-state index < -0.39 is 0 Å². The first-order valence-electron chi connectivity index (χ1n) is 7.26. The number of rotatable bonds is 5. The van der Waals surface area contributed by atoms with Gasteiger partial charge < -0.3 is 9.64 Å². The zero-order valence-electron chi connectivity index (χ0n) is 11.9. The molecule has 2 rings (SSSR count). The van der Waals surface area contributed by atoms with Crippen LogP contribution in [0.4, 0.5) is 0 Å². The van der Waals surface area contributed by atoms with E-state index in [2.05, 4.69) is 0 Å². The van der Waals surface area contributed by atoms with Gasteiger partial charge in [0.25, 0.3) is 0 Å². The molecule has 1 unspecified atom stereocenters. The van der Waals surface area contributed by atoms with Gasteiger partial charge in [0.2, 0.25) is 5.91 Å². The van der Waals surface area contributed by atoms with Gasteiger partial charge in [-0.1, -0.05) is 18.2 Å². The molecule has 0 radical (unpaired) electrons. The molecule has 1 heterocycles. The zero-order chi connectivity index (χ0) is 14.4. The SMILES string of the molecule is CC(Cl)C1CCN(C(=O)CCOc2ccccc2)CC1. The highest BCUT2D eigenvalue weighted by Crippen LogP contribution is 2.24. The maximum atomic E-state index is 12.1. The highest BCUT2D eigenvalue weighted by molar-refractivity contribution is 6.20. The zero-order valence-corrected chi connectivity index (χ0v) is 12.7. The first-order chi connectivity index (χ1) is 9.66. The van der Waals surface area contributed by atoms with Crippen LogP contribution in [0.1, 0.15) is 26.2 Å². The number of ether oxygens (including phenoxy) is 1. The molecular formula is C16H22ClNO2. The Morgan fingerprint density at radius 1 is 1.35 bits per heavy atom. The lowest BCUT2D eigenvalue weighted by molar-refractivity contribution is -0.133. The monoisotopic (exact) mass is 295 g/mol. The summed E-state index contributed by atoms with van der Waals surface area (Å²) < 4.78 is 5.56. The summed E-state index contributed by atoms with van der Waals surface area (Å²) in [5.74, 6) is 1.54. The summed E-state index contributed by atoms with van der Waals surface area (Å²) in [5, 5.41) is 0.202. The van der Waals surface area contributed by atoms with Crippen molar-refractivity contribution in [1.29, 1.82) is 0 Å². The first kappa shape index (κ1) is 15.2. The third-order valence-electron chi connectivity index (χ3n) is 3.87. The average molecular weight is 296 g/mol. The van der Waals surface area contributed by atoms with Crippen LogP contribution < -0.4 is 4.74 Å². The van der Waals surface area contributed by atoms with Crippen LogP contribution in [0.5, 0.6) is 5.75 Å². The lowest BCUT2D eigenvalue weighted by Gasteiger charge is -2.33. The Hall–Kier alpha value is -1.22. The predicted octanol–water partition coefficient (Wildman–Crippen LogP) is 3.32. The van der Waals surface area contributed by atoms with Gasteiger partial charge in [0.15, 0.2) is 0 Å². The van der Waals surface area contributed by atoms with Gasteiger partial charge in [-0.3, -0.25) is 4.79 Å². The second kappa shape index (κ2) is 7.53. The normalized spacial score (nSPS) is 17.8. The second-order valence-electron chi connectivity index (χ2n) is 5.31. The number of para-hydroxylation sites is 1. The number of piperidine rings is 1. The molecule has 20 heavy (non-hydrogen) atoms. The largest absolute Gasteiger partial charge is 0.493 e. The molecule has 110 valence electrons. The van der Waals surface area contributed by atoms with Crippen LogP contribution in [0.25, 0.3) is 0 Å². The fourth-order valence-corrected chi connectivity index (χ4v) is 2.79. The molecule has 1 amide bonds. The van der Waals surface area contributed by atoms with Gasteiger partial charge in [0.1, 0.15) is 5.75 Å². The van der Waals surface area contributed by atoms with Crippen molar-refractivity contribution in [1.82, 2.24) is 4.90 Å². The van der Waals surface area contributed by atoms with E-state index >= 15 is 0 Å². The molecule has 1 aromatic rings. The van der Waals surface area contributed by atoms with E-state index in [1.165, 1.54) is 0 Å². The third kappa shape index (κ3) is 4.41. The molecule has 0 bridgehead atoms. The fourth-order valence-electron chi connectivity index (χ4n) is 2.54. The standard InChI is InChI=1S/C16H22ClNO2/c1-13(17)14-7-10-18(11-8-14)16(19)9-12-20-15-5-3-2-4-6-15/h2-6,13-14H,7-12H2,1H3. The number of hydrogen-bond donors (Lipinski definition) is 0. The topological polar surface area (TPSA) is 29.5 Å². The number of alkyl halides is 1. The van der Waals surface area contributed by atoms with Crippen molar-refractivity contribution in [3.05, 3.63) is 30.3 Å². The summed E-state index contributed by atoms with van der Waals surface area (Å²) in [6, 6.07) is 9.60. The molecule has 0 spiro atoms. The highest BCUT2D eigenvalue weighted by atomic mass is 35.5. The Kier molecular flexibility index (Phi) is 5.72. The number of likely N-dealkylation sites (tertiary alicyclic amines) is 1. The van der Waals surface area contributed by atoms with Crippen LogP contribution in [0.2, 0.25) is 0 Å². The number of carbonyl (C=O) groups excluding carboxylic acids is 1. The molecular weight excluding hydrogens is 274 g/mol. The molecule has 0 aromatic heterocycles. The number of amides is 1. The number of benzene rings is 1. The minimum atomic E-state index is 0.182. The van der Waals surface area contributed by atoms with Crippen LogP contribution >= 0.6 is 11.6 Å². The third-order valence-corrected chi connectivity index (χ3v) is 4.23. The Morgan fingerprint density at radius 2 is 2.00 bits per heavy atom. The number of hydrogen-bond acceptors (Lipinski definition) is 2. The second-order valence-corrected chi connectivity index (χ2v) is 6.00. The van der Waals surface area contributed by atoms with E-state index in [-0.39, 0.29) is 11.3 Å². The Morgan fingerprint density at radius 3 is 2.60 bits per heavy atom. The van der Waals surface area contributed by atoms with Crippen LogP contribution in [0, 0.1) is 5.92 Å². The van der Waals surface area contributed by atoms with Gasteiger partial charge in [-0.2, -0.15) is 0 Å². The van der Waals surface area contributed by atoms with Gasteiger partial charge in [0, 0.05) is 18.5 Å². The molecule has 1 fully saturated rings. The smallest absolute Gasteiger partial charge is 0.225 e. The summed E-state index contributed by atoms with van der Waals surface area (Å²) in [5.41, 5.74) is 0. The van der Waals surface area contributed by atoms with Gasteiger partial charge in [-0.05, 0) is 37.8 Å². The summed E-state index contributed by atoms with van der Waals surface area (Å²) in [6.45, 7) is 4.13. The molecule has 1 saturated heterocycles. The van der Waals surface area contributed by atoms with Crippen molar-refractivity contribution in [3.8, 4) is 5.75 Å². The molecule has 0 N–H and O–H groups in total. The lowest BCUT2D eigenvalue weighted by atomic mass is 9.94. The fraction of sp³-hybridized carbons (Fsp3) is 0.562. The predicted molar refractivity (Wildman–Crippen MR) is 81.2 cm³/mol. The van der Waals surface area contributed by atoms with E-state index in [1.807, 2.05) is 42.2 Å². The van der Waals surface area contributed by atoms with Crippen molar-refractivity contribution >= 4 is 17.5 Å². The van der Waals surface area contributed by atoms with Gasteiger partial charge >= 0.3 is 0 Å². The van der Waals surface area contributed by atoms with E-state index in [0.29, 0.717) is 18.9 Å². The minimum Gasteiger partial charge on any atom is -0.493 e. The van der Waals surface area contributed by atoms with Crippen molar-refractivity contribution in [2.24, 2.45) is 5.92 Å². The summed E-state index contributed by atoms with van der Waals surface area (Å²) in [7, 11) is 0. The number of nitrogens with zero attached hydrogens (tertiary/aromatic N) is 1. The van der Waals surface area contributed by atoms with Crippen molar-refractivity contribution in [2.75, 3.05) is 19.7 Å². The summed E-state index contributed by atoms with van der Waals surface area (Å²) in [6.07, 6.45) is 2.46. The highest BCUT2D eigenvalue weighted by Gasteiger charge is 2.25. The van der Waals surface area contributed by atoms with Crippen molar-refractivity contribution in [2.45, 2.75) is 31.6 Å². The average Bonchev–Trinajstić information content (AvgIpc) is 2.48. The first-order valence-corrected chi connectivity index (χ1v) is 7.70. The maximum absolute atomic E-state index is 12.1. The number of carbonyl (C=O) groups is 1. The molecule has 1 aliphatic heterocycles. The van der Waals surface area contributed by atoms with Gasteiger partial charge in [-0.25, -0.2) is 0 Å². The van der Waals surface area contributed by atoms with Crippen LogP contribution in [0.3, 0.4) is 0 Å². The van der Waals surface area contributed by atoms with E-state index in [0.717, 1.165) is 31.7 Å². The summed E-state index contributed by atoms with van der Waals surface area (Å²) >= 11 is 6.11. The Balaban J connectivity index is 1.68. The summed E-state index contributed by atoms with van der Waals surface area (Å²) in [4.78, 5) is 14.0. The molecule has 1 atom stereocenters.